The number of likely N-dealkylation sites (tertiary alicyclic amines) is 1. The number of rotatable bonds is 4. The van der Waals surface area contributed by atoms with Gasteiger partial charge < -0.3 is 15.5 Å². The van der Waals surface area contributed by atoms with Crippen molar-refractivity contribution < 1.29 is 14.4 Å². The second-order valence-electron chi connectivity index (χ2n) is 7.18. The topological polar surface area (TPSA) is 78.5 Å². The lowest BCUT2D eigenvalue weighted by Crippen LogP contribution is -2.52. The van der Waals surface area contributed by atoms with Crippen LogP contribution in [-0.4, -0.2) is 41.2 Å². The zero-order valence-corrected chi connectivity index (χ0v) is 15.8. The first-order chi connectivity index (χ1) is 13.0. The van der Waals surface area contributed by atoms with E-state index in [2.05, 4.69) is 10.6 Å². The van der Waals surface area contributed by atoms with Gasteiger partial charge in [0, 0.05) is 17.8 Å². The molecule has 7 heteroatoms. The van der Waals surface area contributed by atoms with Crippen molar-refractivity contribution >= 4 is 34.7 Å². The van der Waals surface area contributed by atoms with Crippen LogP contribution in [0.2, 0.25) is 0 Å². The van der Waals surface area contributed by atoms with Gasteiger partial charge in [-0.3, -0.25) is 9.59 Å². The molecule has 140 valence electrons. The Labute approximate surface area is 161 Å². The summed E-state index contributed by atoms with van der Waals surface area (Å²) in [6, 6.07) is 10.4. The van der Waals surface area contributed by atoms with Crippen molar-refractivity contribution in [3.05, 3.63) is 52.2 Å². The maximum atomic E-state index is 12.8. The molecule has 27 heavy (non-hydrogen) atoms. The molecule has 1 aromatic carbocycles. The summed E-state index contributed by atoms with van der Waals surface area (Å²) in [5.41, 5.74) is 1.17. The average molecular weight is 383 g/mol. The predicted molar refractivity (Wildman–Crippen MR) is 104 cm³/mol. The van der Waals surface area contributed by atoms with E-state index < -0.39 is 0 Å². The molecule has 0 unspecified atom stereocenters. The van der Waals surface area contributed by atoms with Gasteiger partial charge in [0.05, 0.1) is 17.0 Å². The quantitative estimate of drug-likeness (QED) is 0.795. The first-order valence-corrected chi connectivity index (χ1v) is 9.92. The molecule has 2 fully saturated rings. The number of nitrogens with one attached hydrogen (secondary N) is 2. The third-order valence-electron chi connectivity index (χ3n) is 5.32. The summed E-state index contributed by atoms with van der Waals surface area (Å²) in [5.74, 6) is 0.303. The van der Waals surface area contributed by atoms with Crippen LogP contribution in [0.4, 0.5) is 10.5 Å². The summed E-state index contributed by atoms with van der Waals surface area (Å²) in [4.78, 5) is 39.1. The maximum Gasteiger partial charge on any atom is 0.322 e. The Morgan fingerprint density at radius 3 is 2.70 bits per heavy atom. The molecule has 0 spiro atoms. The molecule has 1 aliphatic heterocycles. The molecule has 1 saturated carbocycles. The van der Waals surface area contributed by atoms with E-state index in [0.717, 1.165) is 12.8 Å². The van der Waals surface area contributed by atoms with Gasteiger partial charge in [-0.05, 0) is 49.3 Å². The second-order valence-corrected chi connectivity index (χ2v) is 8.13. The smallest absolute Gasteiger partial charge is 0.322 e. The van der Waals surface area contributed by atoms with Crippen molar-refractivity contribution in [2.45, 2.75) is 31.8 Å². The molecule has 0 radical (unpaired) electrons. The van der Waals surface area contributed by atoms with E-state index in [-0.39, 0.29) is 29.8 Å². The third kappa shape index (κ3) is 3.60. The fourth-order valence-corrected chi connectivity index (χ4v) is 4.70. The number of hydrogen-bond donors (Lipinski definition) is 2. The van der Waals surface area contributed by atoms with Gasteiger partial charge in [-0.25, -0.2) is 4.79 Å². The lowest BCUT2D eigenvalue weighted by Gasteiger charge is -2.33. The number of urea groups is 1. The highest BCUT2D eigenvalue weighted by atomic mass is 32.1. The maximum absolute atomic E-state index is 12.8. The van der Waals surface area contributed by atoms with Crippen LogP contribution >= 0.6 is 11.3 Å². The second kappa shape index (κ2) is 7.15. The Morgan fingerprint density at radius 2 is 2.00 bits per heavy atom. The Bertz CT molecular complexity index is 880. The number of carbonyl (C=O) groups excluding carboxylic acids is 3. The number of carbonyl (C=O) groups is 3. The molecular weight excluding hydrogens is 362 g/mol. The first-order valence-electron chi connectivity index (χ1n) is 9.04. The Kier molecular flexibility index (Phi) is 4.70. The number of amides is 3. The van der Waals surface area contributed by atoms with Gasteiger partial charge in [-0.15, -0.1) is 11.3 Å². The van der Waals surface area contributed by atoms with Crippen molar-refractivity contribution in [3.8, 4) is 0 Å². The highest BCUT2D eigenvalue weighted by molar-refractivity contribution is 7.12. The summed E-state index contributed by atoms with van der Waals surface area (Å²) in [6.45, 7) is 2.20. The summed E-state index contributed by atoms with van der Waals surface area (Å²) >= 11 is 1.41. The number of fused-ring (bicyclic) bond motifs is 2. The normalized spacial score (nSPS) is 23.3. The number of benzene rings is 1. The van der Waals surface area contributed by atoms with Crippen LogP contribution in [0.3, 0.4) is 0 Å². The molecule has 4 rings (SSSR count). The minimum Gasteiger partial charge on any atom is -0.347 e. The molecule has 2 aliphatic rings. The molecule has 1 saturated heterocycles. The number of Topliss-reactive ketones (excluding diaryl/α,β-unsaturated/α-hetero) is 1. The summed E-state index contributed by atoms with van der Waals surface area (Å²) in [5, 5.41) is 7.86. The van der Waals surface area contributed by atoms with Gasteiger partial charge in [-0.1, -0.05) is 18.2 Å². The lowest BCUT2D eigenvalue weighted by molar-refractivity contribution is 0.0909. The fourth-order valence-electron chi connectivity index (χ4n) is 4.07. The number of nitrogens with zero attached hydrogens (tertiary/aromatic N) is 1. The van der Waals surface area contributed by atoms with Crippen LogP contribution < -0.4 is 10.6 Å². The van der Waals surface area contributed by atoms with Crippen LogP contribution in [0, 0.1) is 5.92 Å². The number of ketones is 1. The van der Waals surface area contributed by atoms with Crippen LogP contribution in [0.15, 0.2) is 41.8 Å². The zero-order valence-electron chi connectivity index (χ0n) is 15.0. The van der Waals surface area contributed by atoms with Gasteiger partial charge in [0.25, 0.3) is 5.91 Å². The van der Waals surface area contributed by atoms with E-state index in [4.69, 9.17) is 0 Å². The van der Waals surface area contributed by atoms with E-state index >= 15 is 0 Å². The van der Waals surface area contributed by atoms with Crippen molar-refractivity contribution in [1.82, 2.24) is 10.2 Å². The van der Waals surface area contributed by atoms with Crippen molar-refractivity contribution in [2.75, 3.05) is 11.9 Å². The van der Waals surface area contributed by atoms with E-state index in [1.165, 1.54) is 18.3 Å². The van der Waals surface area contributed by atoms with Crippen molar-refractivity contribution in [2.24, 2.45) is 5.92 Å². The largest absolute Gasteiger partial charge is 0.347 e. The van der Waals surface area contributed by atoms with Crippen molar-refractivity contribution in [3.63, 3.8) is 0 Å². The lowest BCUT2D eigenvalue weighted by atomic mass is 10.1. The van der Waals surface area contributed by atoms with Gasteiger partial charge >= 0.3 is 6.03 Å². The number of hydrogen-bond acceptors (Lipinski definition) is 4. The van der Waals surface area contributed by atoms with Gasteiger partial charge in [0.2, 0.25) is 0 Å². The minimum absolute atomic E-state index is 0.00917. The van der Waals surface area contributed by atoms with E-state index in [9.17, 15) is 14.4 Å². The molecular formula is C20H21N3O3S. The molecule has 1 aliphatic carbocycles. The van der Waals surface area contributed by atoms with Gasteiger partial charge in [0.15, 0.2) is 5.78 Å². The molecule has 2 bridgehead atoms. The summed E-state index contributed by atoms with van der Waals surface area (Å²) in [6.07, 6.45) is 1.82. The molecule has 6 nitrogen and oxygen atoms in total. The molecule has 2 N–H and O–H groups in total. The first kappa shape index (κ1) is 17.7. The molecule has 3 atom stereocenters. The van der Waals surface area contributed by atoms with Crippen LogP contribution in [0.1, 0.15) is 39.8 Å². The van der Waals surface area contributed by atoms with E-state index in [1.54, 1.807) is 30.3 Å². The van der Waals surface area contributed by atoms with E-state index in [1.807, 2.05) is 16.3 Å². The number of thiophene rings is 1. The summed E-state index contributed by atoms with van der Waals surface area (Å²) < 4.78 is 0. The molecule has 3 amide bonds. The van der Waals surface area contributed by atoms with Gasteiger partial charge in [-0.2, -0.15) is 0 Å². The number of piperidine rings is 1. The monoisotopic (exact) mass is 383 g/mol. The highest BCUT2D eigenvalue weighted by Gasteiger charge is 2.47. The number of anilines is 1. The Morgan fingerprint density at radius 1 is 1.15 bits per heavy atom. The predicted octanol–water partition coefficient (Wildman–Crippen LogP) is 3.38. The third-order valence-corrected chi connectivity index (χ3v) is 6.19. The molecule has 2 heterocycles. The average Bonchev–Trinajstić information content (AvgIpc) is 3.38. The highest BCUT2D eigenvalue weighted by Crippen LogP contribution is 2.38. The van der Waals surface area contributed by atoms with Gasteiger partial charge in [0.1, 0.15) is 0 Å². The Hall–Kier alpha value is -2.67. The molecule has 1 aromatic heterocycles. The van der Waals surface area contributed by atoms with E-state index in [0.29, 0.717) is 28.6 Å². The molecule has 2 aromatic rings. The van der Waals surface area contributed by atoms with Crippen LogP contribution in [0.5, 0.6) is 0 Å². The van der Waals surface area contributed by atoms with Crippen LogP contribution in [-0.2, 0) is 0 Å². The van der Waals surface area contributed by atoms with Crippen molar-refractivity contribution in [1.29, 1.82) is 0 Å². The summed E-state index contributed by atoms with van der Waals surface area (Å²) in [7, 11) is 0. The Balaban J connectivity index is 1.42. The standard InChI is InChI=1S/C20H21N3O3S/c1-12(24)14-4-2-5-15(10-14)21-20(26)23-11-13-8-16(17(23)9-13)22-19(25)18-6-3-7-27-18/h2-7,10,13,16-17H,8-9,11H2,1H3,(H,21,26)(H,22,25)/t13-,16+,17-/m1/s1. The minimum atomic E-state index is -0.182. The fraction of sp³-hybridized carbons (Fsp3) is 0.350. The SMILES string of the molecule is CC(=O)c1cccc(NC(=O)N2C[C@@H]3C[C@H](NC(=O)c4cccs4)[C@H]2C3)c1. The zero-order chi connectivity index (χ0) is 19.0. The van der Waals surface area contributed by atoms with Crippen LogP contribution in [0.25, 0.3) is 0 Å².